The van der Waals surface area contributed by atoms with Crippen molar-refractivity contribution in [3.63, 3.8) is 0 Å². The average molecular weight is 269 g/mol. The van der Waals surface area contributed by atoms with Crippen molar-refractivity contribution in [2.24, 2.45) is 0 Å². The smallest absolute Gasteiger partial charge is 0.162 e. The van der Waals surface area contributed by atoms with Gasteiger partial charge in [-0.05, 0) is 42.5 Å². The van der Waals surface area contributed by atoms with Crippen LogP contribution in [0.5, 0.6) is 11.5 Å². The Morgan fingerprint density at radius 1 is 0.895 bits per heavy atom. The van der Waals surface area contributed by atoms with Crippen LogP contribution >= 0.6 is 11.8 Å². The van der Waals surface area contributed by atoms with Crippen LogP contribution in [-0.2, 0) is 0 Å². The zero-order chi connectivity index (χ0) is 13.1. The SMILES string of the molecule is N#Cc1ccc(Sc2ccc3c(c2)OCCO3)cc1. The maximum absolute atomic E-state index is 8.76. The van der Waals surface area contributed by atoms with Crippen LogP contribution in [0, 0.1) is 11.3 Å². The van der Waals surface area contributed by atoms with Gasteiger partial charge in [-0.25, -0.2) is 0 Å². The molecular weight excluding hydrogens is 258 g/mol. The number of benzene rings is 2. The Morgan fingerprint density at radius 3 is 2.32 bits per heavy atom. The van der Waals surface area contributed by atoms with Crippen molar-refractivity contribution >= 4 is 11.8 Å². The van der Waals surface area contributed by atoms with Gasteiger partial charge in [0.15, 0.2) is 11.5 Å². The number of ether oxygens (including phenoxy) is 2. The summed E-state index contributed by atoms with van der Waals surface area (Å²) in [7, 11) is 0. The predicted octanol–water partition coefficient (Wildman–Crippen LogP) is 3.48. The number of rotatable bonds is 2. The van der Waals surface area contributed by atoms with E-state index in [9.17, 15) is 0 Å². The molecule has 2 aromatic carbocycles. The second-order valence-electron chi connectivity index (χ2n) is 4.04. The monoisotopic (exact) mass is 269 g/mol. The van der Waals surface area contributed by atoms with Gasteiger partial charge in [-0.3, -0.25) is 0 Å². The van der Waals surface area contributed by atoms with E-state index in [1.165, 1.54) is 0 Å². The number of nitriles is 1. The second kappa shape index (κ2) is 5.25. The summed E-state index contributed by atoms with van der Waals surface area (Å²) in [6.45, 7) is 1.20. The first kappa shape index (κ1) is 11.9. The highest BCUT2D eigenvalue weighted by Crippen LogP contribution is 2.36. The Hall–Kier alpha value is -2.12. The zero-order valence-electron chi connectivity index (χ0n) is 10.1. The van der Waals surface area contributed by atoms with E-state index in [2.05, 4.69) is 6.07 Å². The molecule has 2 aromatic rings. The predicted molar refractivity (Wildman–Crippen MR) is 72.7 cm³/mol. The Kier molecular flexibility index (Phi) is 3.30. The number of fused-ring (bicyclic) bond motifs is 1. The summed E-state index contributed by atoms with van der Waals surface area (Å²) in [5, 5.41) is 8.76. The highest BCUT2D eigenvalue weighted by molar-refractivity contribution is 7.99. The molecular formula is C15H11NO2S. The Labute approximate surface area is 115 Å². The quantitative estimate of drug-likeness (QED) is 0.837. The second-order valence-corrected chi connectivity index (χ2v) is 5.19. The molecule has 4 heteroatoms. The molecule has 0 saturated carbocycles. The van der Waals surface area contributed by atoms with E-state index in [1.54, 1.807) is 11.8 Å². The van der Waals surface area contributed by atoms with Gasteiger partial charge >= 0.3 is 0 Å². The maximum atomic E-state index is 8.76. The van der Waals surface area contributed by atoms with Gasteiger partial charge in [-0.1, -0.05) is 11.8 Å². The molecule has 1 heterocycles. The number of hydrogen-bond donors (Lipinski definition) is 0. The van der Waals surface area contributed by atoms with Crippen LogP contribution in [0.4, 0.5) is 0 Å². The lowest BCUT2D eigenvalue weighted by Gasteiger charge is -2.18. The summed E-state index contributed by atoms with van der Waals surface area (Å²) >= 11 is 1.63. The average Bonchev–Trinajstić information content (AvgIpc) is 2.48. The summed E-state index contributed by atoms with van der Waals surface area (Å²) in [6, 6.07) is 15.6. The molecule has 0 saturated heterocycles. The van der Waals surface area contributed by atoms with E-state index in [1.807, 2.05) is 42.5 Å². The molecule has 0 spiro atoms. The third-order valence-electron chi connectivity index (χ3n) is 2.73. The summed E-state index contributed by atoms with van der Waals surface area (Å²) < 4.78 is 11.0. The van der Waals surface area contributed by atoms with E-state index >= 15 is 0 Å². The van der Waals surface area contributed by atoms with Gasteiger partial charge in [-0.15, -0.1) is 0 Å². The Bertz CT molecular complexity index is 632. The topological polar surface area (TPSA) is 42.2 Å². The molecule has 0 bridgehead atoms. The highest BCUT2D eigenvalue weighted by atomic mass is 32.2. The van der Waals surface area contributed by atoms with E-state index < -0.39 is 0 Å². The fourth-order valence-corrected chi connectivity index (χ4v) is 2.67. The molecule has 3 rings (SSSR count). The van der Waals surface area contributed by atoms with E-state index in [0.717, 1.165) is 21.3 Å². The van der Waals surface area contributed by atoms with Crippen molar-refractivity contribution in [1.29, 1.82) is 5.26 Å². The van der Waals surface area contributed by atoms with Gasteiger partial charge in [-0.2, -0.15) is 5.26 Å². The minimum atomic E-state index is 0.595. The molecule has 0 unspecified atom stereocenters. The molecule has 0 aliphatic carbocycles. The van der Waals surface area contributed by atoms with E-state index in [4.69, 9.17) is 14.7 Å². The lowest BCUT2D eigenvalue weighted by atomic mass is 10.2. The van der Waals surface area contributed by atoms with E-state index in [0.29, 0.717) is 18.8 Å². The van der Waals surface area contributed by atoms with Crippen LogP contribution in [0.25, 0.3) is 0 Å². The van der Waals surface area contributed by atoms with Crippen LogP contribution in [0.3, 0.4) is 0 Å². The van der Waals surface area contributed by atoms with Gasteiger partial charge in [0, 0.05) is 9.79 Å². The number of hydrogen-bond acceptors (Lipinski definition) is 4. The van der Waals surface area contributed by atoms with Gasteiger partial charge < -0.3 is 9.47 Å². The first-order chi connectivity index (χ1) is 9.35. The maximum Gasteiger partial charge on any atom is 0.162 e. The molecule has 0 radical (unpaired) electrons. The molecule has 0 atom stereocenters. The van der Waals surface area contributed by atoms with Crippen molar-refractivity contribution in [2.45, 2.75) is 9.79 Å². The summed E-state index contributed by atoms with van der Waals surface area (Å²) in [5.74, 6) is 1.60. The van der Waals surface area contributed by atoms with Crippen LogP contribution in [-0.4, -0.2) is 13.2 Å². The van der Waals surface area contributed by atoms with Gasteiger partial charge in [0.1, 0.15) is 13.2 Å². The minimum Gasteiger partial charge on any atom is -0.486 e. The molecule has 0 N–H and O–H groups in total. The molecule has 0 amide bonds. The minimum absolute atomic E-state index is 0.595. The van der Waals surface area contributed by atoms with Gasteiger partial charge in [0.2, 0.25) is 0 Å². The molecule has 1 aliphatic rings. The fraction of sp³-hybridized carbons (Fsp3) is 0.133. The van der Waals surface area contributed by atoms with Crippen molar-refractivity contribution in [1.82, 2.24) is 0 Å². The Balaban J connectivity index is 1.81. The van der Waals surface area contributed by atoms with Crippen molar-refractivity contribution in [3.8, 4) is 17.6 Å². The zero-order valence-corrected chi connectivity index (χ0v) is 10.9. The fourth-order valence-electron chi connectivity index (χ4n) is 1.82. The third-order valence-corrected chi connectivity index (χ3v) is 3.73. The standard InChI is InChI=1S/C15H11NO2S/c16-10-11-1-3-12(4-2-11)19-13-5-6-14-15(9-13)18-8-7-17-14/h1-6,9H,7-8H2. The van der Waals surface area contributed by atoms with Gasteiger partial charge in [0.05, 0.1) is 11.6 Å². The molecule has 3 nitrogen and oxygen atoms in total. The summed E-state index contributed by atoms with van der Waals surface area (Å²) in [6.07, 6.45) is 0. The Morgan fingerprint density at radius 2 is 1.58 bits per heavy atom. The van der Waals surface area contributed by atoms with Gasteiger partial charge in [0.25, 0.3) is 0 Å². The lowest BCUT2D eigenvalue weighted by molar-refractivity contribution is 0.171. The summed E-state index contributed by atoms with van der Waals surface area (Å²) in [5.41, 5.74) is 0.673. The molecule has 19 heavy (non-hydrogen) atoms. The molecule has 0 fully saturated rings. The van der Waals surface area contributed by atoms with Crippen LogP contribution in [0.2, 0.25) is 0 Å². The van der Waals surface area contributed by atoms with Crippen molar-refractivity contribution < 1.29 is 9.47 Å². The lowest BCUT2D eigenvalue weighted by Crippen LogP contribution is -2.15. The van der Waals surface area contributed by atoms with Crippen LogP contribution < -0.4 is 9.47 Å². The summed E-state index contributed by atoms with van der Waals surface area (Å²) in [4.78, 5) is 2.18. The third kappa shape index (κ3) is 2.67. The molecule has 0 aromatic heterocycles. The highest BCUT2D eigenvalue weighted by Gasteiger charge is 2.12. The number of nitrogens with zero attached hydrogens (tertiary/aromatic N) is 1. The van der Waals surface area contributed by atoms with Crippen LogP contribution in [0.15, 0.2) is 52.3 Å². The first-order valence-corrected chi connectivity index (χ1v) is 6.74. The van der Waals surface area contributed by atoms with Crippen molar-refractivity contribution in [3.05, 3.63) is 48.0 Å². The first-order valence-electron chi connectivity index (χ1n) is 5.93. The van der Waals surface area contributed by atoms with Crippen LogP contribution in [0.1, 0.15) is 5.56 Å². The molecule has 94 valence electrons. The molecule has 1 aliphatic heterocycles. The van der Waals surface area contributed by atoms with E-state index in [-0.39, 0.29) is 0 Å². The largest absolute Gasteiger partial charge is 0.486 e. The normalized spacial score (nSPS) is 12.8. The van der Waals surface area contributed by atoms with Crippen molar-refractivity contribution in [2.75, 3.05) is 13.2 Å².